The fraction of sp³-hybridized carbons (Fsp3) is 0.222. The van der Waals surface area contributed by atoms with Gasteiger partial charge in [0.25, 0.3) is 5.91 Å². The van der Waals surface area contributed by atoms with E-state index < -0.39 is 6.36 Å². The van der Waals surface area contributed by atoms with Crippen LogP contribution in [0.5, 0.6) is 5.75 Å². The number of aryl methyl sites for hydroxylation is 2. The molecular formula is C18H16F3N3O2. The first-order valence-corrected chi connectivity index (χ1v) is 7.81. The van der Waals surface area contributed by atoms with Crippen molar-refractivity contribution in [2.75, 3.05) is 0 Å². The van der Waals surface area contributed by atoms with Crippen molar-refractivity contribution in [1.82, 2.24) is 14.9 Å². The minimum absolute atomic E-state index is 0.174. The summed E-state index contributed by atoms with van der Waals surface area (Å²) in [5.74, 6) is -0.597. The molecule has 2 heterocycles. The van der Waals surface area contributed by atoms with Gasteiger partial charge in [0.05, 0.1) is 16.8 Å². The molecule has 0 saturated heterocycles. The second-order valence-corrected chi connectivity index (χ2v) is 5.87. The second kappa shape index (κ2) is 6.70. The van der Waals surface area contributed by atoms with Crippen molar-refractivity contribution in [2.24, 2.45) is 0 Å². The lowest BCUT2D eigenvalue weighted by Gasteiger charge is -2.10. The maximum absolute atomic E-state index is 12.5. The highest BCUT2D eigenvalue weighted by molar-refractivity contribution is 6.02. The molecule has 5 nitrogen and oxygen atoms in total. The van der Waals surface area contributed by atoms with Gasteiger partial charge in [0.1, 0.15) is 5.75 Å². The van der Waals surface area contributed by atoms with Crippen molar-refractivity contribution in [3.8, 4) is 5.75 Å². The van der Waals surface area contributed by atoms with Crippen LogP contribution in [0.25, 0.3) is 5.52 Å². The van der Waals surface area contributed by atoms with Gasteiger partial charge in [-0.2, -0.15) is 5.10 Å². The van der Waals surface area contributed by atoms with Crippen molar-refractivity contribution < 1.29 is 22.7 Å². The fourth-order valence-electron chi connectivity index (χ4n) is 2.63. The number of pyridine rings is 1. The highest BCUT2D eigenvalue weighted by Gasteiger charge is 2.30. The van der Waals surface area contributed by atoms with Gasteiger partial charge < -0.3 is 10.1 Å². The summed E-state index contributed by atoms with van der Waals surface area (Å²) >= 11 is 0. The molecule has 0 unspecified atom stereocenters. The minimum atomic E-state index is -4.73. The topological polar surface area (TPSA) is 55.6 Å². The summed E-state index contributed by atoms with van der Waals surface area (Å²) in [6.07, 6.45) is -2.94. The van der Waals surface area contributed by atoms with Crippen LogP contribution in [0.3, 0.4) is 0 Å². The van der Waals surface area contributed by atoms with Gasteiger partial charge in [0, 0.05) is 12.7 Å². The van der Waals surface area contributed by atoms with Gasteiger partial charge in [-0.05, 0) is 49.2 Å². The summed E-state index contributed by atoms with van der Waals surface area (Å²) in [6, 6.07) is 9.12. The fourth-order valence-corrected chi connectivity index (χ4v) is 2.63. The van der Waals surface area contributed by atoms with Crippen LogP contribution in [0, 0.1) is 13.8 Å². The van der Waals surface area contributed by atoms with Crippen molar-refractivity contribution in [1.29, 1.82) is 0 Å². The quantitative estimate of drug-likeness (QED) is 0.768. The first-order valence-electron chi connectivity index (χ1n) is 7.81. The van der Waals surface area contributed by atoms with E-state index >= 15 is 0 Å². The molecule has 0 saturated carbocycles. The minimum Gasteiger partial charge on any atom is -0.406 e. The number of hydrogen-bond donors (Lipinski definition) is 1. The zero-order valence-electron chi connectivity index (χ0n) is 14.1. The number of carbonyl (C=O) groups is 1. The summed E-state index contributed by atoms with van der Waals surface area (Å²) in [7, 11) is 0. The summed E-state index contributed by atoms with van der Waals surface area (Å²) in [6.45, 7) is 3.85. The third kappa shape index (κ3) is 3.96. The summed E-state index contributed by atoms with van der Waals surface area (Å²) in [4.78, 5) is 12.5. The van der Waals surface area contributed by atoms with Crippen molar-refractivity contribution in [3.63, 3.8) is 0 Å². The van der Waals surface area contributed by atoms with Crippen molar-refractivity contribution >= 4 is 11.4 Å². The highest BCUT2D eigenvalue weighted by Crippen LogP contribution is 2.23. The maximum Gasteiger partial charge on any atom is 0.573 e. The predicted molar refractivity (Wildman–Crippen MR) is 89.0 cm³/mol. The normalized spacial score (nSPS) is 11.6. The lowest BCUT2D eigenvalue weighted by molar-refractivity contribution is -0.274. The van der Waals surface area contributed by atoms with Crippen molar-refractivity contribution in [2.45, 2.75) is 26.8 Å². The molecule has 3 aromatic rings. The molecule has 8 heteroatoms. The number of alkyl halides is 3. The van der Waals surface area contributed by atoms with Crippen LogP contribution < -0.4 is 10.1 Å². The first kappa shape index (κ1) is 17.8. The average molecular weight is 363 g/mol. The van der Waals surface area contributed by atoms with E-state index in [0.717, 1.165) is 5.56 Å². The van der Waals surface area contributed by atoms with E-state index in [4.69, 9.17) is 0 Å². The van der Waals surface area contributed by atoms with Crippen LogP contribution in [0.2, 0.25) is 0 Å². The predicted octanol–water partition coefficient (Wildman–Crippen LogP) is 3.78. The molecule has 0 bridgehead atoms. The van der Waals surface area contributed by atoms with Crippen LogP contribution in [-0.4, -0.2) is 21.9 Å². The largest absolute Gasteiger partial charge is 0.573 e. The monoisotopic (exact) mass is 363 g/mol. The Labute approximate surface area is 147 Å². The Balaban J connectivity index is 1.71. The van der Waals surface area contributed by atoms with Gasteiger partial charge in [0.15, 0.2) is 0 Å². The lowest BCUT2D eigenvalue weighted by Crippen LogP contribution is -2.23. The number of nitrogens with zero attached hydrogens (tertiary/aromatic N) is 2. The number of aromatic nitrogens is 2. The third-order valence-corrected chi connectivity index (χ3v) is 3.80. The molecule has 0 fully saturated rings. The molecule has 1 N–H and O–H groups in total. The van der Waals surface area contributed by atoms with Gasteiger partial charge in [-0.15, -0.1) is 13.2 Å². The molecule has 0 spiro atoms. The lowest BCUT2D eigenvalue weighted by atomic mass is 10.1. The third-order valence-electron chi connectivity index (χ3n) is 3.80. The van der Waals surface area contributed by atoms with Gasteiger partial charge in [-0.3, -0.25) is 4.79 Å². The zero-order valence-corrected chi connectivity index (χ0v) is 14.1. The number of benzene rings is 1. The van der Waals surface area contributed by atoms with E-state index in [1.165, 1.54) is 24.3 Å². The van der Waals surface area contributed by atoms with E-state index in [-0.39, 0.29) is 18.2 Å². The summed E-state index contributed by atoms with van der Waals surface area (Å²) in [5.41, 5.74) is 3.44. The number of nitrogens with one attached hydrogen (secondary N) is 1. The Morgan fingerprint density at radius 3 is 2.54 bits per heavy atom. The smallest absolute Gasteiger partial charge is 0.406 e. The number of amides is 1. The number of carbonyl (C=O) groups excluding carboxylic acids is 1. The van der Waals surface area contributed by atoms with E-state index in [1.807, 2.05) is 19.1 Å². The van der Waals surface area contributed by atoms with Crippen LogP contribution in [0.1, 0.15) is 27.2 Å². The van der Waals surface area contributed by atoms with Gasteiger partial charge >= 0.3 is 6.36 Å². The Morgan fingerprint density at radius 1 is 1.19 bits per heavy atom. The molecule has 1 aromatic carbocycles. The second-order valence-electron chi connectivity index (χ2n) is 5.87. The Hall–Kier alpha value is -3.03. The molecule has 2 aromatic heterocycles. The molecule has 0 aliphatic rings. The van der Waals surface area contributed by atoms with E-state index in [2.05, 4.69) is 15.2 Å². The highest BCUT2D eigenvalue weighted by atomic mass is 19.4. The zero-order chi connectivity index (χ0) is 18.9. The molecular weight excluding hydrogens is 347 g/mol. The number of ether oxygens (including phenoxy) is 1. The first-order chi connectivity index (χ1) is 12.2. The summed E-state index contributed by atoms with van der Waals surface area (Å²) < 4.78 is 41.9. The number of fused-ring (bicyclic) bond motifs is 1. The molecule has 26 heavy (non-hydrogen) atoms. The Bertz CT molecular complexity index is 947. The molecule has 3 rings (SSSR count). The number of rotatable bonds is 4. The number of halogens is 3. The van der Waals surface area contributed by atoms with E-state index in [1.54, 1.807) is 17.6 Å². The SMILES string of the molecule is Cc1ccn2nc(C)c(C(=O)NCc3ccc(OC(F)(F)F)cc3)c2c1. The van der Waals surface area contributed by atoms with Gasteiger partial charge in [0.2, 0.25) is 0 Å². The molecule has 0 aliphatic carbocycles. The standard InChI is InChI=1S/C18H16F3N3O2/c1-11-7-8-24-15(9-11)16(12(2)23-24)17(25)22-10-13-3-5-14(6-4-13)26-18(19,20)21/h3-9H,10H2,1-2H3,(H,22,25). The van der Waals surface area contributed by atoms with Gasteiger partial charge in [-0.25, -0.2) is 4.52 Å². The van der Waals surface area contributed by atoms with Crippen LogP contribution in [0.4, 0.5) is 13.2 Å². The Morgan fingerprint density at radius 2 is 1.88 bits per heavy atom. The average Bonchev–Trinajstić information content (AvgIpc) is 2.87. The van der Waals surface area contributed by atoms with Crippen LogP contribution >= 0.6 is 0 Å². The molecule has 136 valence electrons. The molecule has 0 aliphatic heterocycles. The molecule has 0 radical (unpaired) electrons. The van der Waals surface area contributed by atoms with E-state index in [0.29, 0.717) is 22.3 Å². The summed E-state index contributed by atoms with van der Waals surface area (Å²) in [5, 5.41) is 7.07. The molecule has 0 atom stereocenters. The van der Waals surface area contributed by atoms with Crippen LogP contribution in [-0.2, 0) is 6.54 Å². The van der Waals surface area contributed by atoms with Crippen molar-refractivity contribution in [3.05, 3.63) is 65.0 Å². The van der Waals surface area contributed by atoms with Gasteiger partial charge in [-0.1, -0.05) is 12.1 Å². The Kier molecular flexibility index (Phi) is 4.58. The van der Waals surface area contributed by atoms with E-state index in [9.17, 15) is 18.0 Å². The molecule has 1 amide bonds. The maximum atomic E-state index is 12.5. The van der Waals surface area contributed by atoms with Crippen LogP contribution in [0.15, 0.2) is 42.6 Å². The number of hydrogen-bond acceptors (Lipinski definition) is 3.